The van der Waals surface area contributed by atoms with Crippen molar-refractivity contribution in [3.8, 4) is 17.1 Å². The van der Waals surface area contributed by atoms with Gasteiger partial charge in [-0.25, -0.2) is 23.1 Å². The Morgan fingerprint density at radius 1 is 0.960 bits per heavy atom. The molecule has 4 aromatic rings. The molecular formula is C39H48N6O4S. The summed E-state index contributed by atoms with van der Waals surface area (Å²) in [4.78, 5) is 32.9. The number of hydrogen-bond donors (Lipinski definition) is 1. The van der Waals surface area contributed by atoms with Gasteiger partial charge in [0.25, 0.3) is 15.9 Å². The van der Waals surface area contributed by atoms with E-state index in [1.807, 2.05) is 50.2 Å². The van der Waals surface area contributed by atoms with Gasteiger partial charge in [-0.15, -0.1) is 0 Å². The van der Waals surface area contributed by atoms with Crippen LogP contribution >= 0.6 is 0 Å². The van der Waals surface area contributed by atoms with Crippen LogP contribution in [-0.4, -0.2) is 59.4 Å². The highest BCUT2D eigenvalue weighted by molar-refractivity contribution is 7.92. The average Bonchev–Trinajstić information content (AvgIpc) is 3.87. The Bertz CT molecular complexity index is 1970. The molecule has 3 heterocycles. The lowest BCUT2D eigenvalue weighted by atomic mass is 9.87. The number of aryl methyl sites for hydroxylation is 2. The SMILES string of the molecule is Cc1cccc(C)c1-c1cc2nc(n1)NS(=O)(=O)c1cccc(c1)C(=O)N(Cc1cccc(N(CC3CC3)C(C)C)n1)[C@H](CC(C)(C)C)CO2. The summed E-state index contributed by atoms with van der Waals surface area (Å²) >= 11 is 0. The number of nitrogens with zero attached hydrogens (tertiary/aromatic N) is 5. The van der Waals surface area contributed by atoms with Gasteiger partial charge in [0, 0.05) is 29.8 Å². The minimum Gasteiger partial charge on any atom is -0.475 e. The van der Waals surface area contributed by atoms with Crippen LogP contribution in [0.5, 0.6) is 5.88 Å². The maximum absolute atomic E-state index is 14.6. The number of nitrogens with one attached hydrogen (secondary N) is 1. The number of carbonyl (C=O) groups excluding carboxylic acids is 1. The number of ether oxygens (including phenoxy) is 1. The number of carbonyl (C=O) groups is 1. The van der Waals surface area contributed by atoms with Gasteiger partial charge in [0.15, 0.2) is 0 Å². The first kappa shape index (κ1) is 35.3. The monoisotopic (exact) mass is 696 g/mol. The summed E-state index contributed by atoms with van der Waals surface area (Å²) in [7, 11) is -4.17. The van der Waals surface area contributed by atoms with Crippen molar-refractivity contribution in [2.24, 2.45) is 11.3 Å². The Labute approximate surface area is 296 Å². The molecule has 4 bridgehead atoms. The molecule has 6 rings (SSSR count). The van der Waals surface area contributed by atoms with E-state index in [2.05, 4.69) is 54.2 Å². The fourth-order valence-electron chi connectivity index (χ4n) is 6.58. The van der Waals surface area contributed by atoms with Crippen LogP contribution in [0.15, 0.2) is 71.6 Å². The second kappa shape index (κ2) is 14.0. The predicted octanol–water partition coefficient (Wildman–Crippen LogP) is 7.42. The number of aromatic nitrogens is 3. The molecule has 2 aromatic carbocycles. The van der Waals surface area contributed by atoms with Gasteiger partial charge in [-0.3, -0.25) is 4.79 Å². The third kappa shape index (κ3) is 8.26. The molecule has 0 radical (unpaired) electrons. The first-order valence-corrected chi connectivity index (χ1v) is 18.9. The van der Waals surface area contributed by atoms with Crippen molar-refractivity contribution < 1.29 is 17.9 Å². The van der Waals surface area contributed by atoms with Crippen LogP contribution in [0, 0.1) is 25.2 Å². The topological polar surface area (TPSA) is 118 Å². The van der Waals surface area contributed by atoms with Gasteiger partial charge in [-0.1, -0.05) is 51.1 Å². The Morgan fingerprint density at radius 2 is 1.66 bits per heavy atom. The molecule has 1 N–H and O–H groups in total. The van der Waals surface area contributed by atoms with Crippen molar-refractivity contribution in [3.63, 3.8) is 0 Å². The maximum Gasteiger partial charge on any atom is 0.264 e. The first-order valence-electron chi connectivity index (χ1n) is 17.4. The van der Waals surface area contributed by atoms with E-state index in [9.17, 15) is 13.2 Å². The summed E-state index contributed by atoms with van der Waals surface area (Å²) in [6.45, 7) is 16.0. The summed E-state index contributed by atoms with van der Waals surface area (Å²) in [6.07, 6.45) is 3.09. The number of pyridine rings is 1. The van der Waals surface area contributed by atoms with E-state index in [1.54, 1.807) is 23.1 Å². The number of hydrogen-bond acceptors (Lipinski definition) is 8. The molecule has 0 saturated heterocycles. The molecule has 0 unspecified atom stereocenters. The van der Waals surface area contributed by atoms with Gasteiger partial charge in [-0.2, -0.15) is 4.98 Å². The predicted molar refractivity (Wildman–Crippen MR) is 197 cm³/mol. The van der Waals surface area contributed by atoms with Crippen molar-refractivity contribution in [1.82, 2.24) is 19.9 Å². The lowest BCUT2D eigenvalue weighted by Gasteiger charge is -2.36. The lowest BCUT2D eigenvalue weighted by molar-refractivity contribution is 0.0509. The fourth-order valence-corrected chi connectivity index (χ4v) is 7.57. The van der Waals surface area contributed by atoms with Gasteiger partial charge in [0.2, 0.25) is 11.8 Å². The molecule has 11 heteroatoms. The molecule has 264 valence electrons. The smallest absolute Gasteiger partial charge is 0.264 e. The summed E-state index contributed by atoms with van der Waals surface area (Å²) in [5.74, 6) is 1.37. The average molecular weight is 697 g/mol. The summed E-state index contributed by atoms with van der Waals surface area (Å²) < 4.78 is 36.5. The van der Waals surface area contributed by atoms with Crippen LogP contribution in [0.25, 0.3) is 11.3 Å². The maximum atomic E-state index is 14.6. The zero-order valence-electron chi connectivity index (χ0n) is 30.1. The van der Waals surface area contributed by atoms with Crippen molar-refractivity contribution in [1.29, 1.82) is 0 Å². The Morgan fingerprint density at radius 3 is 2.34 bits per heavy atom. The fraction of sp³-hybridized carbons (Fsp3) is 0.436. The molecule has 2 aliphatic rings. The largest absolute Gasteiger partial charge is 0.475 e. The van der Waals surface area contributed by atoms with Crippen LogP contribution in [0.3, 0.4) is 0 Å². The summed E-state index contributed by atoms with van der Waals surface area (Å²) in [5, 5.41) is 0. The highest BCUT2D eigenvalue weighted by Gasteiger charge is 2.32. The minimum absolute atomic E-state index is 0.0637. The molecule has 10 nitrogen and oxygen atoms in total. The van der Waals surface area contributed by atoms with E-state index in [-0.39, 0.29) is 52.8 Å². The molecule has 1 amide bonds. The molecule has 0 spiro atoms. The Hall–Kier alpha value is -4.51. The molecule has 1 aliphatic heterocycles. The number of rotatable bonds is 8. The van der Waals surface area contributed by atoms with Gasteiger partial charge >= 0.3 is 0 Å². The summed E-state index contributed by atoms with van der Waals surface area (Å²) in [5.41, 5.74) is 4.20. The molecule has 1 atom stereocenters. The molecule has 1 saturated carbocycles. The van der Waals surface area contributed by atoms with E-state index in [1.165, 1.54) is 25.0 Å². The highest BCUT2D eigenvalue weighted by atomic mass is 32.2. The van der Waals surface area contributed by atoms with Crippen molar-refractivity contribution in [2.45, 2.75) is 91.3 Å². The quantitative estimate of drug-likeness (QED) is 0.202. The zero-order valence-corrected chi connectivity index (χ0v) is 30.9. The first-order chi connectivity index (χ1) is 23.7. The molecule has 1 aliphatic carbocycles. The van der Waals surface area contributed by atoms with Crippen LogP contribution in [0.1, 0.15) is 81.1 Å². The van der Waals surface area contributed by atoms with E-state index in [4.69, 9.17) is 9.72 Å². The molecule has 50 heavy (non-hydrogen) atoms. The Kier molecular flexibility index (Phi) is 9.90. The molecule has 1 fully saturated rings. The van der Waals surface area contributed by atoms with Crippen LogP contribution < -0.4 is 14.4 Å². The van der Waals surface area contributed by atoms with E-state index in [0.29, 0.717) is 18.0 Å². The van der Waals surface area contributed by atoms with E-state index >= 15 is 0 Å². The van der Waals surface area contributed by atoms with Crippen LogP contribution in [0.4, 0.5) is 11.8 Å². The molecule has 2 aromatic heterocycles. The molecular weight excluding hydrogens is 649 g/mol. The number of anilines is 2. The third-order valence-electron chi connectivity index (χ3n) is 9.22. The number of amides is 1. The van der Waals surface area contributed by atoms with Crippen molar-refractivity contribution in [2.75, 3.05) is 22.8 Å². The van der Waals surface area contributed by atoms with Gasteiger partial charge in [0.1, 0.15) is 12.4 Å². The summed E-state index contributed by atoms with van der Waals surface area (Å²) in [6, 6.07) is 19.6. The minimum atomic E-state index is -4.17. The van der Waals surface area contributed by atoms with Gasteiger partial charge in [-0.05, 0) is 99.7 Å². The second-order valence-corrected chi connectivity index (χ2v) is 16.8. The number of fused-ring (bicyclic) bond motifs is 4. The van der Waals surface area contributed by atoms with Crippen molar-refractivity contribution >= 4 is 27.7 Å². The standard InChI is InChI=1S/C39H48N6O4S/c1-25(2)44(22-28-17-18-28)34-16-10-14-30(40-34)23-45-31(21-39(5,6)7)24-49-35-20-33(36-26(3)11-8-12-27(36)4)41-38(42-35)43-50(47,48)32-15-9-13-29(19-32)37(45)46/h8-16,19-20,25,28,31H,17-18,21-24H2,1-7H3,(H,41,42,43)/t31-/m1/s1. The van der Waals surface area contributed by atoms with Gasteiger partial charge < -0.3 is 14.5 Å². The van der Waals surface area contributed by atoms with E-state index < -0.39 is 16.1 Å². The lowest BCUT2D eigenvalue weighted by Crippen LogP contribution is -2.45. The van der Waals surface area contributed by atoms with Crippen molar-refractivity contribution in [3.05, 3.63) is 89.1 Å². The van der Waals surface area contributed by atoms with Crippen LogP contribution in [0.2, 0.25) is 0 Å². The zero-order chi connectivity index (χ0) is 35.8. The normalized spacial score (nSPS) is 17.6. The number of sulfonamides is 1. The highest BCUT2D eigenvalue weighted by Crippen LogP contribution is 2.33. The van der Waals surface area contributed by atoms with Crippen LogP contribution in [-0.2, 0) is 16.6 Å². The second-order valence-electron chi connectivity index (χ2n) is 15.2. The van der Waals surface area contributed by atoms with Gasteiger partial charge in [0.05, 0.1) is 28.9 Å². The van der Waals surface area contributed by atoms with E-state index in [0.717, 1.165) is 34.7 Å². The number of benzene rings is 2. The third-order valence-corrected chi connectivity index (χ3v) is 10.5. The Balaban J connectivity index is 1.46.